The largest absolute Gasteiger partial charge is 0.299 e. The summed E-state index contributed by atoms with van der Waals surface area (Å²) in [6.45, 7) is 5.69. The lowest BCUT2D eigenvalue weighted by Gasteiger charge is -2.18. The lowest BCUT2D eigenvalue weighted by molar-refractivity contribution is 0.286. The van der Waals surface area contributed by atoms with Crippen molar-refractivity contribution in [3.05, 3.63) is 34.9 Å². The zero-order valence-electron chi connectivity index (χ0n) is 9.56. The minimum atomic E-state index is -0.570. The predicted octanol–water partition coefficient (Wildman–Crippen LogP) is 2.79. The van der Waals surface area contributed by atoms with Crippen LogP contribution < -0.4 is 0 Å². The Morgan fingerprint density at radius 2 is 1.69 bits per heavy atom. The Bertz CT molecular complexity index is 380. The standard InChI is InChI=1S/C13H15F2N/c1-4-10-7-12(14)11(13(15)8-10)9-16(5-2)6-3/h1,7-8H,5-6,9H2,2-3H3. The Hall–Kier alpha value is -1.40. The van der Waals surface area contributed by atoms with Crippen LogP contribution in [-0.4, -0.2) is 18.0 Å². The van der Waals surface area contributed by atoms with E-state index < -0.39 is 11.6 Å². The van der Waals surface area contributed by atoms with Gasteiger partial charge in [-0.25, -0.2) is 8.78 Å². The minimum absolute atomic E-state index is 0.0858. The number of rotatable bonds is 4. The molecule has 0 aliphatic heterocycles. The molecule has 16 heavy (non-hydrogen) atoms. The molecule has 3 heteroatoms. The first-order valence-electron chi connectivity index (χ1n) is 5.29. The molecule has 1 aromatic rings. The van der Waals surface area contributed by atoms with Crippen LogP contribution in [0.25, 0.3) is 0 Å². The first-order chi connectivity index (χ1) is 7.62. The minimum Gasteiger partial charge on any atom is -0.299 e. The van der Waals surface area contributed by atoms with Crippen LogP contribution in [0.1, 0.15) is 25.0 Å². The van der Waals surface area contributed by atoms with E-state index in [0.717, 1.165) is 13.1 Å². The molecule has 0 spiro atoms. The molecule has 0 fully saturated rings. The average Bonchev–Trinajstić information content (AvgIpc) is 2.28. The van der Waals surface area contributed by atoms with E-state index >= 15 is 0 Å². The van der Waals surface area contributed by atoms with Gasteiger partial charge in [-0.3, -0.25) is 4.90 Å². The second-order valence-electron chi connectivity index (χ2n) is 3.52. The van der Waals surface area contributed by atoms with Gasteiger partial charge in [-0.05, 0) is 25.2 Å². The number of benzene rings is 1. The van der Waals surface area contributed by atoms with Crippen LogP contribution in [-0.2, 0) is 6.54 Å². The quantitative estimate of drug-likeness (QED) is 0.709. The van der Waals surface area contributed by atoms with Gasteiger partial charge in [0.1, 0.15) is 11.6 Å². The maximum absolute atomic E-state index is 13.6. The van der Waals surface area contributed by atoms with Crippen LogP contribution >= 0.6 is 0 Å². The highest BCUT2D eigenvalue weighted by Gasteiger charge is 2.13. The molecule has 1 nitrogen and oxygen atoms in total. The summed E-state index contributed by atoms with van der Waals surface area (Å²) >= 11 is 0. The van der Waals surface area contributed by atoms with Gasteiger partial charge in [0, 0.05) is 17.7 Å². The smallest absolute Gasteiger partial charge is 0.131 e. The van der Waals surface area contributed by atoms with Gasteiger partial charge in [0.2, 0.25) is 0 Å². The Balaban J connectivity index is 3.01. The van der Waals surface area contributed by atoms with Crippen LogP contribution in [0.15, 0.2) is 12.1 Å². The summed E-state index contributed by atoms with van der Waals surface area (Å²) in [4.78, 5) is 1.94. The molecule has 0 atom stereocenters. The van der Waals surface area contributed by atoms with Gasteiger partial charge in [-0.1, -0.05) is 19.8 Å². The Labute approximate surface area is 95.1 Å². The molecular formula is C13H15F2N. The van der Waals surface area contributed by atoms with Crippen molar-refractivity contribution in [3.8, 4) is 12.3 Å². The van der Waals surface area contributed by atoms with E-state index in [-0.39, 0.29) is 17.7 Å². The highest BCUT2D eigenvalue weighted by molar-refractivity contribution is 5.36. The molecule has 0 amide bonds. The molecular weight excluding hydrogens is 208 g/mol. The summed E-state index contributed by atoms with van der Waals surface area (Å²) in [5.74, 6) is 1.08. The maximum atomic E-state index is 13.6. The molecule has 0 aliphatic rings. The summed E-state index contributed by atoms with van der Waals surface area (Å²) in [6.07, 6.45) is 5.10. The Morgan fingerprint density at radius 1 is 1.19 bits per heavy atom. The molecule has 0 aliphatic carbocycles. The fourth-order valence-electron chi connectivity index (χ4n) is 1.51. The molecule has 0 heterocycles. The summed E-state index contributed by atoms with van der Waals surface area (Å²) in [7, 11) is 0. The van der Waals surface area contributed by atoms with E-state index in [0.29, 0.717) is 0 Å². The van der Waals surface area contributed by atoms with Crippen molar-refractivity contribution >= 4 is 0 Å². The molecule has 0 bridgehead atoms. The zero-order chi connectivity index (χ0) is 12.1. The lowest BCUT2D eigenvalue weighted by atomic mass is 10.1. The third-order valence-electron chi connectivity index (χ3n) is 2.58. The van der Waals surface area contributed by atoms with Gasteiger partial charge in [0.05, 0.1) is 0 Å². The topological polar surface area (TPSA) is 3.24 Å². The fraction of sp³-hybridized carbons (Fsp3) is 0.385. The molecule has 0 unspecified atom stereocenters. The van der Waals surface area contributed by atoms with Crippen molar-refractivity contribution in [1.29, 1.82) is 0 Å². The van der Waals surface area contributed by atoms with Crippen molar-refractivity contribution in [3.63, 3.8) is 0 Å². The van der Waals surface area contributed by atoms with Gasteiger partial charge in [0.15, 0.2) is 0 Å². The molecule has 1 rings (SSSR count). The predicted molar refractivity (Wildman–Crippen MR) is 60.9 cm³/mol. The number of halogens is 2. The molecule has 0 N–H and O–H groups in total. The summed E-state index contributed by atoms with van der Waals surface area (Å²) < 4.78 is 27.1. The lowest BCUT2D eigenvalue weighted by Crippen LogP contribution is -2.23. The van der Waals surface area contributed by atoms with Crippen LogP contribution in [0.2, 0.25) is 0 Å². The molecule has 1 aromatic carbocycles. The van der Waals surface area contributed by atoms with Crippen molar-refractivity contribution in [1.82, 2.24) is 4.90 Å². The van der Waals surface area contributed by atoms with Gasteiger partial charge < -0.3 is 0 Å². The number of terminal acetylenes is 1. The third-order valence-corrected chi connectivity index (χ3v) is 2.58. The Morgan fingerprint density at radius 3 is 2.06 bits per heavy atom. The highest BCUT2D eigenvalue weighted by Crippen LogP contribution is 2.17. The van der Waals surface area contributed by atoms with Crippen LogP contribution in [0.4, 0.5) is 8.78 Å². The molecule has 0 aromatic heterocycles. The fourth-order valence-corrected chi connectivity index (χ4v) is 1.51. The van der Waals surface area contributed by atoms with Crippen LogP contribution in [0.5, 0.6) is 0 Å². The monoisotopic (exact) mass is 223 g/mol. The second kappa shape index (κ2) is 5.62. The van der Waals surface area contributed by atoms with Crippen molar-refractivity contribution in [2.45, 2.75) is 20.4 Å². The van der Waals surface area contributed by atoms with E-state index in [1.54, 1.807) is 0 Å². The average molecular weight is 223 g/mol. The summed E-state index contributed by atoms with van der Waals surface area (Å²) in [5.41, 5.74) is 0.320. The van der Waals surface area contributed by atoms with Gasteiger partial charge in [-0.2, -0.15) is 0 Å². The number of hydrogen-bond donors (Lipinski definition) is 0. The van der Waals surface area contributed by atoms with Gasteiger partial charge >= 0.3 is 0 Å². The summed E-state index contributed by atoms with van der Waals surface area (Å²) in [5, 5.41) is 0. The number of nitrogens with zero attached hydrogens (tertiary/aromatic N) is 1. The van der Waals surface area contributed by atoms with Crippen LogP contribution in [0, 0.1) is 24.0 Å². The van der Waals surface area contributed by atoms with Crippen molar-refractivity contribution in [2.75, 3.05) is 13.1 Å². The molecule has 86 valence electrons. The van der Waals surface area contributed by atoms with Crippen molar-refractivity contribution < 1.29 is 8.78 Å². The third kappa shape index (κ3) is 2.80. The van der Waals surface area contributed by atoms with E-state index in [4.69, 9.17) is 6.42 Å². The van der Waals surface area contributed by atoms with Gasteiger partial charge in [0.25, 0.3) is 0 Å². The Kier molecular flexibility index (Phi) is 4.45. The zero-order valence-corrected chi connectivity index (χ0v) is 9.56. The summed E-state index contributed by atoms with van der Waals surface area (Å²) in [6, 6.07) is 2.39. The van der Waals surface area contributed by atoms with E-state index in [9.17, 15) is 8.78 Å². The highest BCUT2D eigenvalue weighted by atomic mass is 19.1. The van der Waals surface area contributed by atoms with E-state index in [1.807, 2.05) is 18.7 Å². The van der Waals surface area contributed by atoms with Gasteiger partial charge in [-0.15, -0.1) is 6.42 Å². The SMILES string of the molecule is C#Cc1cc(F)c(CN(CC)CC)c(F)c1. The first kappa shape index (κ1) is 12.7. The molecule has 0 saturated heterocycles. The van der Waals surface area contributed by atoms with E-state index in [1.165, 1.54) is 12.1 Å². The van der Waals surface area contributed by atoms with Crippen LogP contribution in [0.3, 0.4) is 0 Å². The van der Waals surface area contributed by atoms with E-state index in [2.05, 4.69) is 5.92 Å². The maximum Gasteiger partial charge on any atom is 0.131 e. The number of hydrogen-bond acceptors (Lipinski definition) is 1. The molecule has 0 radical (unpaired) electrons. The molecule has 0 saturated carbocycles. The normalized spacial score (nSPS) is 10.5. The van der Waals surface area contributed by atoms with Crippen molar-refractivity contribution in [2.24, 2.45) is 0 Å². The second-order valence-corrected chi connectivity index (χ2v) is 3.52. The first-order valence-corrected chi connectivity index (χ1v) is 5.29.